The van der Waals surface area contributed by atoms with Crippen molar-refractivity contribution in [2.75, 3.05) is 0 Å². The van der Waals surface area contributed by atoms with Gasteiger partial charge in [0.15, 0.2) is 0 Å². The highest BCUT2D eigenvalue weighted by Crippen LogP contribution is 2.39. The second kappa shape index (κ2) is 5.41. The monoisotopic (exact) mass is 369 g/mol. The molecule has 0 unspecified atom stereocenters. The summed E-state index contributed by atoms with van der Waals surface area (Å²) in [4.78, 5) is 22.2. The standard InChI is InChI=1S/C18H16ClN5O2/c1-9(2)24-14-11(19)4-3-5-12(14)23-8-20-13(15(23)18(24)25)16-21-17(26-22-16)10-6-7-10/h3-5,8-10H,6-7H2,1-2H3. The van der Waals surface area contributed by atoms with Crippen molar-refractivity contribution in [3.05, 3.63) is 45.8 Å². The van der Waals surface area contributed by atoms with Gasteiger partial charge in [0.1, 0.15) is 17.5 Å². The molecule has 0 spiro atoms. The average molecular weight is 370 g/mol. The summed E-state index contributed by atoms with van der Waals surface area (Å²) in [7, 11) is 0. The highest BCUT2D eigenvalue weighted by molar-refractivity contribution is 6.35. The molecule has 0 atom stereocenters. The highest BCUT2D eigenvalue weighted by Gasteiger charge is 2.31. The van der Waals surface area contributed by atoms with Crippen LogP contribution in [0.25, 0.3) is 28.1 Å². The van der Waals surface area contributed by atoms with Crippen LogP contribution in [-0.2, 0) is 0 Å². The van der Waals surface area contributed by atoms with Crippen molar-refractivity contribution in [3.8, 4) is 11.5 Å². The molecule has 1 fully saturated rings. The molecule has 1 aromatic carbocycles. The quantitative estimate of drug-likeness (QED) is 0.548. The third-order valence-corrected chi connectivity index (χ3v) is 5.06. The molecule has 8 heteroatoms. The first-order valence-electron chi connectivity index (χ1n) is 8.60. The molecule has 1 aliphatic rings. The van der Waals surface area contributed by atoms with E-state index in [1.165, 1.54) is 0 Å². The summed E-state index contributed by atoms with van der Waals surface area (Å²) in [6, 6.07) is 5.50. The SMILES string of the molecule is CC(C)n1c(=O)c2c(-c3noc(C4CC4)n3)ncn2c2cccc(Cl)c21. The van der Waals surface area contributed by atoms with E-state index in [1.54, 1.807) is 21.4 Å². The van der Waals surface area contributed by atoms with Crippen molar-refractivity contribution in [2.45, 2.75) is 38.6 Å². The number of nitrogens with zero attached hydrogens (tertiary/aromatic N) is 5. The third kappa shape index (κ3) is 2.13. The Morgan fingerprint density at radius 2 is 2.08 bits per heavy atom. The molecule has 0 bridgehead atoms. The predicted molar refractivity (Wildman–Crippen MR) is 97.6 cm³/mol. The normalized spacial score (nSPS) is 14.8. The van der Waals surface area contributed by atoms with Crippen molar-refractivity contribution in [3.63, 3.8) is 0 Å². The second-order valence-electron chi connectivity index (χ2n) is 6.92. The van der Waals surface area contributed by atoms with Crippen molar-refractivity contribution < 1.29 is 4.52 Å². The zero-order valence-corrected chi connectivity index (χ0v) is 15.1. The topological polar surface area (TPSA) is 78.2 Å². The van der Waals surface area contributed by atoms with Crippen LogP contribution in [0.15, 0.2) is 33.8 Å². The number of fused-ring (bicyclic) bond motifs is 3. The molecular formula is C18H16ClN5O2. The molecule has 5 rings (SSSR count). The number of para-hydroxylation sites is 1. The number of hydrogen-bond donors (Lipinski definition) is 0. The van der Waals surface area contributed by atoms with Crippen LogP contribution in [0.5, 0.6) is 0 Å². The van der Waals surface area contributed by atoms with Crippen molar-refractivity contribution in [2.24, 2.45) is 0 Å². The van der Waals surface area contributed by atoms with E-state index in [4.69, 9.17) is 16.1 Å². The zero-order chi connectivity index (χ0) is 18.0. The Balaban J connectivity index is 1.87. The van der Waals surface area contributed by atoms with Gasteiger partial charge >= 0.3 is 0 Å². The number of halogens is 1. The fourth-order valence-corrected chi connectivity index (χ4v) is 3.63. The van der Waals surface area contributed by atoms with Gasteiger partial charge in [-0.05, 0) is 38.8 Å². The van der Waals surface area contributed by atoms with Crippen LogP contribution in [-0.4, -0.2) is 24.1 Å². The molecule has 0 amide bonds. The maximum atomic E-state index is 13.3. The Morgan fingerprint density at radius 3 is 2.81 bits per heavy atom. The summed E-state index contributed by atoms with van der Waals surface area (Å²) in [5, 5.41) is 4.58. The van der Waals surface area contributed by atoms with Crippen molar-refractivity contribution in [1.82, 2.24) is 24.1 Å². The lowest BCUT2D eigenvalue weighted by Crippen LogP contribution is -2.25. The Hall–Kier alpha value is -2.67. The molecule has 3 aromatic heterocycles. The van der Waals surface area contributed by atoms with Crippen LogP contribution >= 0.6 is 11.6 Å². The predicted octanol–water partition coefficient (Wildman–Crippen LogP) is 3.81. The maximum Gasteiger partial charge on any atom is 0.278 e. The minimum absolute atomic E-state index is 0.0649. The first-order chi connectivity index (χ1) is 12.6. The Morgan fingerprint density at radius 1 is 1.27 bits per heavy atom. The van der Waals surface area contributed by atoms with Gasteiger partial charge in [0, 0.05) is 12.0 Å². The summed E-state index contributed by atoms with van der Waals surface area (Å²) in [6.07, 6.45) is 3.74. The summed E-state index contributed by atoms with van der Waals surface area (Å²) < 4.78 is 8.79. The molecule has 132 valence electrons. The minimum Gasteiger partial charge on any atom is -0.339 e. The zero-order valence-electron chi connectivity index (χ0n) is 14.3. The molecule has 0 N–H and O–H groups in total. The summed E-state index contributed by atoms with van der Waals surface area (Å²) in [6.45, 7) is 3.91. The van der Waals surface area contributed by atoms with Gasteiger partial charge in [-0.25, -0.2) is 4.98 Å². The van der Waals surface area contributed by atoms with Crippen LogP contribution in [0.2, 0.25) is 5.02 Å². The summed E-state index contributed by atoms with van der Waals surface area (Å²) in [5.74, 6) is 1.31. The molecular weight excluding hydrogens is 354 g/mol. The largest absolute Gasteiger partial charge is 0.339 e. The molecule has 1 saturated carbocycles. The lowest BCUT2D eigenvalue weighted by Gasteiger charge is -2.16. The van der Waals surface area contributed by atoms with E-state index in [2.05, 4.69) is 15.1 Å². The Bertz CT molecular complexity index is 1220. The number of hydrogen-bond acceptors (Lipinski definition) is 5. The maximum absolute atomic E-state index is 13.3. The molecule has 7 nitrogen and oxygen atoms in total. The first-order valence-corrected chi connectivity index (χ1v) is 8.98. The molecule has 0 saturated heterocycles. The summed E-state index contributed by atoms with van der Waals surface area (Å²) >= 11 is 6.41. The van der Waals surface area contributed by atoms with Gasteiger partial charge in [0.25, 0.3) is 5.56 Å². The first kappa shape index (κ1) is 15.6. The molecule has 26 heavy (non-hydrogen) atoms. The molecule has 3 heterocycles. The van der Waals surface area contributed by atoms with Crippen molar-refractivity contribution in [1.29, 1.82) is 0 Å². The molecule has 0 aliphatic heterocycles. The minimum atomic E-state index is -0.175. The van der Waals surface area contributed by atoms with Gasteiger partial charge in [0.05, 0.1) is 16.1 Å². The van der Waals surface area contributed by atoms with E-state index in [9.17, 15) is 4.79 Å². The number of benzene rings is 1. The van der Waals surface area contributed by atoms with Crippen LogP contribution in [0.3, 0.4) is 0 Å². The third-order valence-electron chi connectivity index (χ3n) is 4.75. The highest BCUT2D eigenvalue weighted by atomic mass is 35.5. The van der Waals surface area contributed by atoms with E-state index < -0.39 is 0 Å². The van der Waals surface area contributed by atoms with Crippen LogP contribution in [0.4, 0.5) is 0 Å². The van der Waals surface area contributed by atoms with E-state index in [0.29, 0.717) is 39.4 Å². The lowest BCUT2D eigenvalue weighted by atomic mass is 10.2. The van der Waals surface area contributed by atoms with Gasteiger partial charge in [-0.15, -0.1) is 0 Å². The fraction of sp³-hybridized carbons (Fsp3) is 0.333. The van der Waals surface area contributed by atoms with Gasteiger partial charge in [0.2, 0.25) is 11.7 Å². The number of rotatable bonds is 3. The van der Waals surface area contributed by atoms with Crippen molar-refractivity contribution >= 4 is 28.2 Å². The Kier molecular flexibility index (Phi) is 3.24. The van der Waals surface area contributed by atoms with E-state index in [1.807, 2.05) is 26.0 Å². The lowest BCUT2D eigenvalue weighted by molar-refractivity contribution is 0.380. The second-order valence-corrected chi connectivity index (χ2v) is 7.33. The van der Waals surface area contributed by atoms with E-state index >= 15 is 0 Å². The van der Waals surface area contributed by atoms with Crippen LogP contribution in [0.1, 0.15) is 44.5 Å². The van der Waals surface area contributed by atoms with E-state index in [0.717, 1.165) is 18.4 Å². The fourth-order valence-electron chi connectivity index (χ4n) is 3.37. The van der Waals surface area contributed by atoms with Gasteiger partial charge in [-0.3, -0.25) is 9.20 Å². The van der Waals surface area contributed by atoms with Gasteiger partial charge < -0.3 is 9.09 Å². The molecule has 4 aromatic rings. The number of aromatic nitrogens is 5. The van der Waals surface area contributed by atoms with Gasteiger partial charge in [-0.1, -0.05) is 22.8 Å². The van der Waals surface area contributed by atoms with E-state index in [-0.39, 0.29) is 11.6 Å². The smallest absolute Gasteiger partial charge is 0.278 e. The molecule has 0 radical (unpaired) electrons. The van der Waals surface area contributed by atoms with Crippen LogP contribution in [0, 0.1) is 0 Å². The summed E-state index contributed by atoms with van der Waals surface area (Å²) in [5.41, 5.74) is 2.19. The Labute approximate surface area is 153 Å². The molecule has 1 aliphatic carbocycles. The van der Waals surface area contributed by atoms with Gasteiger partial charge in [-0.2, -0.15) is 4.98 Å². The average Bonchev–Trinajstić information content (AvgIpc) is 3.17. The van der Waals surface area contributed by atoms with Crippen LogP contribution < -0.4 is 5.56 Å². The number of imidazole rings is 1.